The quantitative estimate of drug-likeness (QED) is 0.830. The molecule has 23 heavy (non-hydrogen) atoms. The first-order valence-corrected chi connectivity index (χ1v) is 8.53. The molecule has 2 heteroatoms. The summed E-state index contributed by atoms with van der Waals surface area (Å²) in [5.74, 6) is 0.285. The zero-order valence-corrected chi connectivity index (χ0v) is 13.9. The molecule has 3 rings (SSSR count). The highest BCUT2D eigenvalue weighted by Gasteiger charge is 2.37. The minimum absolute atomic E-state index is 0.106. The van der Waals surface area contributed by atoms with Crippen molar-refractivity contribution in [1.29, 1.82) is 0 Å². The summed E-state index contributed by atoms with van der Waals surface area (Å²) < 4.78 is 0. The molecule has 120 valence electrons. The molecule has 0 unspecified atom stereocenters. The number of benzene rings is 2. The van der Waals surface area contributed by atoms with Crippen molar-refractivity contribution in [2.45, 2.75) is 31.6 Å². The summed E-state index contributed by atoms with van der Waals surface area (Å²) in [7, 11) is 0. The van der Waals surface area contributed by atoms with Crippen LogP contribution in [0.15, 0.2) is 60.7 Å². The van der Waals surface area contributed by atoms with E-state index in [2.05, 4.69) is 65.6 Å². The molecule has 2 nitrogen and oxygen atoms in total. The fraction of sp³-hybridized carbons (Fsp3) is 0.381. The summed E-state index contributed by atoms with van der Waals surface area (Å²) in [6, 6.07) is 21.8. The van der Waals surface area contributed by atoms with Gasteiger partial charge in [0.25, 0.3) is 0 Å². The molecule has 1 aliphatic rings. The molecule has 0 radical (unpaired) electrons. The molecule has 1 saturated heterocycles. The van der Waals surface area contributed by atoms with Crippen LogP contribution in [0.4, 0.5) is 0 Å². The SMILES string of the molecule is CC(=O)CCN1CCC(c2ccccc2)(c2ccccc2)CC1. The Labute approximate surface area is 139 Å². The van der Waals surface area contributed by atoms with Crippen molar-refractivity contribution < 1.29 is 4.79 Å². The number of carbonyl (C=O) groups is 1. The number of rotatable bonds is 5. The second-order valence-electron chi connectivity index (χ2n) is 6.61. The van der Waals surface area contributed by atoms with Gasteiger partial charge in [0.1, 0.15) is 5.78 Å². The maximum absolute atomic E-state index is 11.2. The molecule has 0 bridgehead atoms. The van der Waals surface area contributed by atoms with Gasteiger partial charge in [-0.15, -0.1) is 0 Å². The normalized spacial score (nSPS) is 17.8. The van der Waals surface area contributed by atoms with Gasteiger partial charge < -0.3 is 4.90 Å². The maximum Gasteiger partial charge on any atom is 0.131 e. The largest absolute Gasteiger partial charge is 0.303 e. The van der Waals surface area contributed by atoms with E-state index in [1.54, 1.807) is 6.92 Å². The summed E-state index contributed by atoms with van der Waals surface area (Å²) in [4.78, 5) is 13.7. The smallest absolute Gasteiger partial charge is 0.131 e. The monoisotopic (exact) mass is 307 g/mol. The Balaban J connectivity index is 1.84. The zero-order chi connectivity index (χ0) is 16.1. The van der Waals surface area contributed by atoms with Crippen LogP contribution in [-0.4, -0.2) is 30.3 Å². The second kappa shape index (κ2) is 7.10. The van der Waals surface area contributed by atoms with E-state index in [-0.39, 0.29) is 11.2 Å². The number of hydrogen-bond donors (Lipinski definition) is 0. The lowest BCUT2D eigenvalue weighted by atomic mass is 9.68. The summed E-state index contributed by atoms with van der Waals surface area (Å²) >= 11 is 0. The van der Waals surface area contributed by atoms with E-state index in [1.807, 2.05) is 0 Å². The summed E-state index contributed by atoms with van der Waals surface area (Å²) in [5.41, 5.74) is 2.93. The fourth-order valence-corrected chi connectivity index (χ4v) is 3.73. The summed E-state index contributed by atoms with van der Waals surface area (Å²) in [6.45, 7) is 4.69. The Morgan fingerprint density at radius 3 is 1.83 bits per heavy atom. The van der Waals surface area contributed by atoms with Crippen LogP contribution < -0.4 is 0 Å². The molecule has 0 aliphatic carbocycles. The van der Waals surface area contributed by atoms with Gasteiger partial charge in [-0.3, -0.25) is 4.79 Å². The highest BCUT2D eigenvalue weighted by Crippen LogP contribution is 2.41. The Hall–Kier alpha value is -1.93. The van der Waals surface area contributed by atoms with Crippen LogP contribution >= 0.6 is 0 Å². The standard InChI is InChI=1S/C21H25NO/c1-18(23)12-15-22-16-13-21(14-17-22,19-8-4-2-5-9-19)20-10-6-3-7-11-20/h2-11H,12-17H2,1H3. The van der Waals surface area contributed by atoms with E-state index in [1.165, 1.54) is 11.1 Å². The summed E-state index contributed by atoms with van der Waals surface area (Å²) in [6.07, 6.45) is 2.89. The van der Waals surface area contributed by atoms with Gasteiger partial charge in [-0.2, -0.15) is 0 Å². The van der Waals surface area contributed by atoms with Gasteiger partial charge >= 0.3 is 0 Å². The van der Waals surface area contributed by atoms with Crippen LogP contribution in [0.3, 0.4) is 0 Å². The van der Waals surface area contributed by atoms with Crippen molar-refractivity contribution in [1.82, 2.24) is 4.90 Å². The minimum Gasteiger partial charge on any atom is -0.303 e. The Morgan fingerprint density at radius 1 is 0.913 bits per heavy atom. The first-order valence-electron chi connectivity index (χ1n) is 8.53. The molecule has 1 aliphatic heterocycles. The Bertz CT molecular complexity index is 586. The summed E-state index contributed by atoms with van der Waals surface area (Å²) in [5, 5.41) is 0. The number of ketones is 1. The van der Waals surface area contributed by atoms with Crippen molar-refractivity contribution in [2.24, 2.45) is 0 Å². The van der Waals surface area contributed by atoms with Crippen LogP contribution in [-0.2, 0) is 10.2 Å². The number of carbonyl (C=O) groups excluding carboxylic acids is 1. The molecule has 1 fully saturated rings. The highest BCUT2D eigenvalue weighted by molar-refractivity contribution is 5.75. The van der Waals surface area contributed by atoms with Gasteiger partial charge in [0.05, 0.1) is 0 Å². The predicted octanol–water partition coefficient (Wildman–Crippen LogP) is 4.05. The Kier molecular flexibility index (Phi) is 4.92. The molecule has 0 atom stereocenters. The lowest BCUT2D eigenvalue weighted by molar-refractivity contribution is -0.117. The maximum atomic E-state index is 11.2. The predicted molar refractivity (Wildman–Crippen MR) is 94.6 cm³/mol. The van der Waals surface area contributed by atoms with Crippen molar-refractivity contribution >= 4 is 5.78 Å². The van der Waals surface area contributed by atoms with Crippen molar-refractivity contribution in [2.75, 3.05) is 19.6 Å². The topological polar surface area (TPSA) is 20.3 Å². The van der Waals surface area contributed by atoms with E-state index in [9.17, 15) is 4.79 Å². The average molecular weight is 307 g/mol. The number of piperidine rings is 1. The first-order chi connectivity index (χ1) is 11.2. The molecule has 0 amide bonds. The third-order valence-corrected chi connectivity index (χ3v) is 5.14. The Morgan fingerprint density at radius 2 is 1.39 bits per heavy atom. The van der Waals surface area contributed by atoms with Crippen molar-refractivity contribution in [3.63, 3.8) is 0 Å². The van der Waals surface area contributed by atoms with Crippen LogP contribution in [0, 0.1) is 0 Å². The van der Waals surface area contributed by atoms with E-state index in [0.29, 0.717) is 6.42 Å². The lowest BCUT2D eigenvalue weighted by Crippen LogP contribution is -2.43. The van der Waals surface area contributed by atoms with Crippen LogP contribution in [0.25, 0.3) is 0 Å². The highest BCUT2D eigenvalue weighted by atomic mass is 16.1. The van der Waals surface area contributed by atoms with Gasteiger partial charge in [0.15, 0.2) is 0 Å². The molecule has 0 saturated carbocycles. The van der Waals surface area contributed by atoms with E-state index < -0.39 is 0 Å². The zero-order valence-electron chi connectivity index (χ0n) is 13.9. The van der Waals surface area contributed by atoms with E-state index in [0.717, 1.165) is 32.5 Å². The second-order valence-corrected chi connectivity index (χ2v) is 6.61. The van der Waals surface area contributed by atoms with Gasteiger partial charge in [0.2, 0.25) is 0 Å². The first kappa shape index (κ1) is 15.9. The van der Waals surface area contributed by atoms with Crippen LogP contribution in [0.5, 0.6) is 0 Å². The lowest BCUT2D eigenvalue weighted by Gasteiger charge is -2.43. The van der Waals surface area contributed by atoms with E-state index in [4.69, 9.17) is 0 Å². The van der Waals surface area contributed by atoms with Crippen molar-refractivity contribution in [3.05, 3.63) is 71.8 Å². The van der Waals surface area contributed by atoms with Gasteiger partial charge in [0, 0.05) is 18.4 Å². The number of likely N-dealkylation sites (tertiary alicyclic amines) is 1. The molecular formula is C21H25NO. The number of hydrogen-bond acceptors (Lipinski definition) is 2. The third kappa shape index (κ3) is 3.53. The number of Topliss-reactive ketones (excluding diaryl/α,β-unsaturated/α-hetero) is 1. The minimum atomic E-state index is 0.106. The molecule has 0 spiro atoms. The average Bonchev–Trinajstić information content (AvgIpc) is 2.62. The van der Waals surface area contributed by atoms with Gasteiger partial charge in [-0.25, -0.2) is 0 Å². The number of nitrogens with zero attached hydrogens (tertiary/aromatic N) is 1. The molecule has 0 aromatic heterocycles. The molecule has 0 N–H and O–H groups in total. The molecular weight excluding hydrogens is 282 g/mol. The molecule has 2 aromatic carbocycles. The van der Waals surface area contributed by atoms with Gasteiger partial charge in [-0.05, 0) is 44.0 Å². The molecule has 1 heterocycles. The van der Waals surface area contributed by atoms with Gasteiger partial charge in [-0.1, -0.05) is 60.7 Å². The van der Waals surface area contributed by atoms with Crippen LogP contribution in [0.2, 0.25) is 0 Å². The molecule has 2 aromatic rings. The van der Waals surface area contributed by atoms with Crippen LogP contribution in [0.1, 0.15) is 37.3 Å². The fourth-order valence-electron chi connectivity index (χ4n) is 3.73. The third-order valence-electron chi connectivity index (χ3n) is 5.14. The van der Waals surface area contributed by atoms with E-state index >= 15 is 0 Å². The van der Waals surface area contributed by atoms with Crippen molar-refractivity contribution in [3.8, 4) is 0 Å².